The molecule has 32 heavy (non-hydrogen) atoms. The van der Waals surface area contributed by atoms with Crippen molar-refractivity contribution in [3.63, 3.8) is 0 Å². The van der Waals surface area contributed by atoms with Crippen molar-refractivity contribution in [1.82, 2.24) is 9.80 Å². The first-order chi connectivity index (χ1) is 15.3. The number of likely N-dealkylation sites (tertiary alicyclic amines) is 1. The van der Waals surface area contributed by atoms with Gasteiger partial charge in [-0.2, -0.15) is 0 Å². The SMILES string of the molecule is CCN(CC)CCN1C(=O)C(=O)/C(=C(/O)c2cc(F)ccc2OC)C1c1ccc(O)cc1. The minimum atomic E-state index is -0.890. The van der Waals surface area contributed by atoms with E-state index in [4.69, 9.17) is 4.74 Å². The zero-order chi connectivity index (χ0) is 23.4. The number of ether oxygens (including phenoxy) is 1. The first-order valence-corrected chi connectivity index (χ1v) is 10.5. The highest BCUT2D eigenvalue weighted by atomic mass is 19.1. The summed E-state index contributed by atoms with van der Waals surface area (Å²) in [4.78, 5) is 29.5. The number of hydrogen-bond donors (Lipinski definition) is 2. The van der Waals surface area contributed by atoms with Crippen LogP contribution >= 0.6 is 0 Å². The quantitative estimate of drug-likeness (QED) is 0.370. The summed E-state index contributed by atoms with van der Waals surface area (Å²) in [5.41, 5.74) is 0.376. The van der Waals surface area contributed by atoms with Crippen LogP contribution in [-0.4, -0.2) is 65.0 Å². The van der Waals surface area contributed by atoms with Gasteiger partial charge < -0.3 is 24.7 Å². The molecule has 1 amide bonds. The lowest BCUT2D eigenvalue weighted by Gasteiger charge is -2.28. The van der Waals surface area contributed by atoms with E-state index < -0.39 is 29.3 Å². The molecule has 1 aliphatic rings. The van der Waals surface area contributed by atoms with Gasteiger partial charge in [0.25, 0.3) is 11.7 Å². The van der Waals surface area contributed by atoms with E-state index in [-0.39, 0.29) is 29.2 Å². The Balaban J connectivity index is 2.15. The van der Waals surface area contributed by atoms with E-state index in [0.717, 1.165) is 19.2 Å². The van der Waals surface area contributed by atoms with E-state index in [1.807, 2.05) is 13.8 Å². The third-order valence-electron chi connectivity index (χ3n) is 5.72. The Bertz CT molecular complexity index is 1030. The zero-order valence-corrected chi connectivity index (χ0v) is 18.3. The predicted molar refractivity (Wildman–Crippen MR) is 118 cm³/mol. The molecular weight excluding hydrogens is 415 g/mol. The van der Waals surface area contributed by atoms with Crippen LogP contribution in [0.4, 0.5) is 4.39 Å². The van der Waals surface area contributed by atoms with E-state index in [1.54, 1.807) is 12.1 Å². The van der Waals surface area contributed by atoms with Gasteiger partial charge in [0.1, 0.15) is 23.1 Å². The number of hydrogen-bond acceptors (Lipinski definition) is 6. The van der Waals surface area contributed by atoms with Gasteiger partial charge in [0.05, 0.1) is 24.3 Å². The second-order valence-corrected chi connectivity index (χ2v) is 7.46. The van der Waals surface area contributed by atoms with Crippen LogP contribution in [0.15, 0.2) is 48.0 Å². The summed E-state index contributed by atoms with van der Waals surface area (Å²) in [5.74, 6) is -2.53. The maximum atomic E-state index is 13.9. The molecule has 2 N–H and O–H groups in total. The second kappa shape index (κ2) is 9.82. The molecule has 1 fully saturated rings. The van der Waals surface area contributed by atoms with Crippen molar-refractivity contribution in [1.29, 1.82) is 0 Å². The standard InChI is InChI=1S/C24H27FN2O5/c1-4-26(5-2)12-13-27-21(15-6-9-17(28)10-7-15)20(23(30)24(27)31)22(29)18-14-16(25)8-11-19(18)32-3/h6-11,14,21,28-29H,4-5,12-13H2,1-3H3/b22-20+. The fourth-order valence-electron chi connectivity index (χ4n) is 3.91. The smallest absolute Gasteiger partial charge is 0.295 e. The van der Waals surface area contributed by atoms with Gasteiger partial charge in [-0.3, -0.25) is 9.59 Å². The minimum absolute atomic E-state index is 0.0157. The van der Waals surface area contributed by atoms with Crippen molar-refractivity contribution in [2.45, 2.75) is 19.9 Å². The van der Waals surface area contributed by atoms with Gasteiger partial charge in [-0.1, -0.05) is 26.0 Å². The second-order valence-electron chi connectivity index (χ2n) is 7.46. The van der Waals surface area contributed by atoms with E-state index >= 15 is 0 Å². The molecule has 170 valence electrons. The Kier molecular flexibility index (Phi) is 7.15. The summed E-state index contributed by atoms with van der Waals surface area (Å²) in [6.45, 7) is 6.37. The number of aliphatic hydroxyl groups excluding tert-OH is 1. The molecule has 1 aliphatic heterocycles. The Hall–Kier alpha value is -3.39. The zero-order valence-electron chi connectivity index (χ0n) is 18.3. The molecule has 8 heteroatoms. The third kappa shape index (κ3) is 4.45. The number of benzene rings is 2. The van der Waals surface area contributed by atoms with Crippen LogP contribution in [0, 0.1) is 5.82 Å². The number of Topliss-reactive ketones (excluding diaryl/α,β-unsaturated/α-hetero) is 1. The first kappa shape index (κ1) is 23.3. The number of methoxy groups -OCH3 is 1. The molecule has 2 aromatic rings. The molecule has 0 saturated carbocycles. The van der Waals surface area contributed by atoms with Crippen LogP contribution in [-0.2, 0) is 9.59 Å². The van der Waals surface area contributed by atoms with Gasteiger partial charge in [-0.25, -0.2) is 4.39 Å². The molecular formula is C24H27FN2O5. The van der Waals surface area contributed by atoms with Crippen LogP contribution in [0.2, 0.25) is 0 Å². The van der Waals surface area contributed by atoms with E-state index in [0.29, 0.717) is 12.1 Å². The molecule has 1 heterocycles. The number of phenols is 1. The van der Waals surface area contributed by atoms with Crippen LogP contribution in [0.1, 0.15) is 31.0 Å². The molecule has 0 bridgehead atoms. The molecule has 0 aromatic heterocycles. The summed E-state index contributed by atoms with van der Waals surface area (Å²) in [6, 6.07) is 8.76. The Morgan fingerprint density at radius 3 is 2.38 bits per heavy atom. The Labute approximate surface area is 186 Å². The molecule has 2 aromatic carbocycles. The van der Waals surface area contributed by atoms with E-state index in [1.165, 1.54) is 36.3 Å². The number of rotatable bonds is 8. The molecule has 1 saturated heterocycles. The first-order valence-electron chi connectivity index (χ1n) is 10.5. The van der Waals surface area contributed by atoms with Gasteiger partial charge in [-0.05, 0) is 49.0 Å². The van der Waals surface area contributed by atoms with Crippen molar-refractivity contribution in [3.8, 4) is 11.5 Å². The summed E-state index contributed by atoms with van der Waals surface area (Å²) in [5, 5.41) is 20.8. The van der Waals surface area contributed by atoms with Crippen molar-refractivity contribution >= 4 is 17.4 Å². The van der Waals surface area contributed by atoms with Crippen molar-refractivity contribution in [2.24, 2.45) is 0 Å². The number of aliphatic hydroxyl groups is 1. The molecule has 0 radical (unpaired) electrons. The van der Waals surface area contributed by atoms with Crippen LogP contribution in [0.25, 0.3) is 5.76 Å². The normalized spacial score (nSPS) is 17.9. The monoisotopic (exact) mass is 442 g/mol. The molecule has 0 aliphatic carbocycles. The van der Waals surface area contributed by atoms with E-state index in [9.17, 15) is 24.2 Å². The van der Waals surface area contributed by atoms with Gasteiger partial charge in [0.15, 0.2) is 0 Å². The lowest BCUT2D eigenvalue weighted by Crippen LogP contribution is -2.38. The van der Waals surface area contributed by atoms with Gasteiger partial charge in [0, 0.05) is 13.1 Å². The lowest BCUT2D eigenvalue weighted by molar-refractivity contribution is -0.140. The fraction of sp³-hybridized carbons (Fsp3) is 0.333. The average Bonchev–Trinajstić information content (AvgIpc) is 3.04. The number of likely N-dealkylation sites (N-methyl/N-ethyl adjacent to an activating group) is 1. The van der Waals surface area contributed by atoms with E-state index in [2.05, 4.69) is 4.90 Å². The summed E-state index contributed by atoms with van der Waals surface area (Å²) < 4.78 is 19.2. The molecule has 3 rings (SSSR count). The maximum Gasteiger partial charge on any atom is 0.295 e. The molecule has 0 spiro atoms. The number of carbonyl (C=O) groups is 2. The molecule has 7 nitrogen and oxygen atoms in total. The fourth-order valence-corrected chi connectivity index (χ4v) is 3.91. The third-order valence-corrected chi connectivity index (χ3v) is 5.72. The van der Waals surface area contributed by atoms with Crippen molar-refractivity contribution in [2.75, 3.05) is 33.3 Å². The number of amides is 1. The minimum Gasteiger partial charge on any atom is -0.508 e. The number of ketones is 1. The average molecular weight is 442 g/mol. The van der Waals surface area contributed by atoms with Crippen molar-refractivity contribution in [3.05, 3.63) is 65.0 Å². The Morgan fingerprint density at radius 2 is 1.78 bits per heavy atom. The number of aromatic hydroxyl groups is 1. The highest BCUT2D eigenvalue weighted by molar-refractivity contribution is 6.46. The maximum absolute atomic E-state index is 13.9. The van der Waals surface area contributed by atoms with Crippen LogP contribution in [0.5, 0.6) is 11.5 Å². The highest BCUT2D eigenvalue weighted by Crippen LogP contribution is 2.41. The number of halogens is 1. The predicted octanol–water partition coefficient (Wildman–Crippen LogP) is 3.30. The highest BCUT2D eigenvalue weighted by Gasteiger charge is 2.46. The summed E-state index contributed by atoms with van der Waals surface area (Å²) >= 11 is 0. The largest absolute Gasteiger partial charge is 0.508 e. The molecule has 1 atom stereocenters. The summed E-state index contributed by atoms with van der Waals surface area (Å²) in [6.07, 6.45) is 0. The topological polar surface area (TPSA) is 90.3 Å². The van der Waals surface area contributed by atoms with Crippen LogP contribution in [0.3, 0.4) is 0 Å². The summed E-state index contributed by atoms with van der Waals surface area (Å²) in [7, 11) is 1.37. The van der Waals surface area contributed by atoms with Gasteiger partial charge >= 0.3 is 0 Å². The lowest BCUT2D eigenvalue weighted by atomic mass is 9.95. The number of nitrogens with zero attached hydrogens (tertiary/aromatic N) is 2. The van der Waals surface area contributed by atoms with Crippen molar-refractivity contribution < 1.29 is 28.9 Å². The number of carbonyl (C=O) groups excluding carboxylic acids is 2. The number of phenolic OH excluding ortho intramolecular Hbond substituents is 1. The van der Waals surface area contributed by atoms with Crippen LogP contribution < -0.4 is 4.74 Å². The Morgan fingerprint density at radius 1 is 1.12 bits per heavy atom. The van der Waals surface area contributed by atoms with Gasteiger partial charge in [0.2, 0.25) is 0 Å². The molecule has 1 unspecified atom stereocenters. The van der Waals surface area contributed by atoms with Gasteiger partial charge in [-0.15, -0.1) is 0 Å².